The van der Waals surface area contributed by atoms with Gasteiger partial charge in [0, 0.05) is 17.7 Å². The van der Waals surface area contributed by atoms with Crippen LogP contribution >= 0.6 is 15.9 Å². The third kappa shape index (κ3) is 7.29. The highest BCUT2D eigenvalue weighted by atomic mass is 79.9. The first kappa shape index (κ1) is 13.9. The van der Waals surface area contributed by atoms with Gasteiger partial charge in [-0.2, -0.15) is 0 Å². The smallest absolute Gasteiger partial charge is 0.305 e. The lowest BCUT2D eigenvalue weighted by Gasteiger charge is -2.10. The largest absolute Gasteiger partial charge is 0.465 e. The van der Waals surface area contributed by atoms with E-state index in [2.05, 4.69) is 15.9 Å². The molecule has 0 aromatic heterocycles. The van der Waals surface area contributed by atoms with Crippen LogP contribution in [0.2, 0.25) is 0 Å². The minimum absolute atomic E-state index is 0.0974. The molecule has 0 rings (SSSR count). The van der Waals surface area contributed by atoms with Gasteiger partial charge in [0.15, 0.2) is 0 Å². The normalized spacial score (nSPS) is 10.6. The summed E-state index contributed by atoms with van der Waals surface area (Å²) in [4.78, 5) is 11.1. The Morgan fingerprint density at radius 3 is 2.43 bits per heavy atom. The number of esters is 1. The van der Waals surface area contributed by atoms with Gasteiger partial charge in [0.25, 0.3) is 0 Å². The second-order valence-electron chi connectivity index (χ2n) is 3.06. The van der Waals surface area contributed by atoms with Crippen molar-refractivity contribution in [3.05, 3.63) is 0 Å². The fraction of sp³-hybridized carbons (Fsp3) is 0.889. The van der Waals surface area contributed by atoms with E-state index in [1.807, 2.05) is 0 Å². The van der Waals surface area contributed by atoms with Crippen LogP contribution in [0.4, 0.5) is 0 Å². The molecule has 0 spiro atoms. The number of halogens is 1. The minimum Gasteiger partial charge on any atom is -0.465 e. The van der Waals surface area contributed by atoms with Gasteiger partial charge >= 0.3 is 5.97 Å². The van der Waals surface area contributed by atoms with E-state index < -0.39 is 0 Å². The Bertz CT molecular complexity index is 148. The summed E-state index contributed by atoms with van der Waals surface area (Å²) in [6.45, 7) is -0.226. The molecule has 0 heterocycles. The lowest BCUT2D eigenvalue weighted by atomic mass is 10.2. The van der Waals surface area contributed by atoms with E-state index in [4.69, 9.17) is 14.9 Å². The van der Waals surface area contributed by atoms with Crippen molar-refractivity contribution in [2.24, 2.45) is 5.92 Å². The van der Waals surface area contributed by atoms with Crippen molar-refractivity contribution in [1.29, 1.82) is 0 Å². The molecule has 0 saturated carbocycles. The van der Waals surface area contributed by atoms with Crippen LogP contribution in [0.25, 0.3) is 0 Å². The zero-order valence-electron chi connectivity index (χ0n) is 8.12. The SMILES string of the molecule is O=C(CCCCBr)OCC(CO)CO. The van der Waals surface area contributed by atoms with Gasteiger partial charge < -0.3 is 14.9 Å². The standard InChI is InChI=1S/C9H17BrO4/c10-4-2-1-3-9(13)14-7-8(5-11)6-12/h8,11-12H,1-7H2. The van der Waals surface area contributed by atoms with Gasteiger partial charge in [-0.15, -0.1) is 0 Å². The summed E-state index contributed by atoms with van der Waals surface area (Å²) >= 11 is 3.27. The number of rotatable bonds is 8. The molecule has 84 valence electrons. The first-order chi connectivity index (χ1) is 6.74. The van der Waals surface area contributed by atoms with Crippen LogP contribution in [-0.4, -0.2) is 41.3 Å². The quantitative estimate of drug-likeness (QED) is 0.386. The molecule has 0 amide bonds. The maximum Gasteiger partial charge on any atom is 0.305 e. The predicted molar refractivity (Wildman–Crippen MR) is 56.3 cm³/mol. The topological polar surface area (TPSA) is 66.8 Å². The lowest BCUT2D eigenvalue weighted by molar-refractivity contribution is -0.146. The average molecular weight is 269 g/mol. The van der Waals surface area contributed by atoms with Gasteiger partial charge in [-0.25, -0.2) is 0 Å². The Morgan fingerprint density at radius 1 is 1.29 bits per heavy atom. The van der Waals surface area contributed by atoms with Crippen molar-refractivity contribution in [3.8, 4) is 0 Å². The molecule has 0 saturated heterocycles. The van der Waals surface area contributed by atoms with E-state index in [1.165, 1.54) is 0 Å². The summed E-state index contributed by atoms with van der Waals surface area (Å²) in [5, 5.41) is 18.3. The van der Waals surface area contributed by atoms with E-state index in [-0.39, 0.29) is 31.7 Å². The third-order valence-electron chi connectivity index (χ3n) is 1.76. The molecular formula is C9H17BrO4. The molecule has 14 heavy (non-hydrogen) atoms. The number of carbonyl (C=O) groups is 1. The van der Waals surface area contributed by atoms with Crippen molar-refractivity contribution in [1.82, 2.24) is 0 Å². The molecule has 0 aliphatic heterocycles. The van der Waals surface area contributed by atoms with E-state index in [0.29, 0.717) is 6.42 Å². The third-order valence-corrected chi connectivity index (χ3v) is 2.32. The van der Waals surface area contributed by atoms with Crippen molar-refractivity contribution in [2.75, 3.05) is 25.2 Å². The fourth-order valence-corrected chi connectivity index (χ4v) is 1.21. The van der Waals surface area contributed by atoms with Crippen molar-refractivity contribution in [2.45, 2.75) is 19.3 Å². The first-order valence-corrected chi connectivity index (χ1v) is 5.80. The highest BCUT2D eigenvalue weighted by molar-refractivity contribution is 9.09. The predicted octanol–water partition coefficient (Wildman–Crippen LogP) is 0.696. The maximum absolute atomic E-state index is 11.1. The molecular weight excluding hydrogens is 252 g/mol. The number of alkyl halides is 1. The summed E-state index contributed by atoms with van der Waals surface area (Å²) in [7, 11) is 0. The van der Waals surface area contributed by atoms with E-state index in [1.54, 1.807) is 0 Å². The Kier molecular flexibility index (Phi) is 9.34. The molecule has 0 aliphatic carbocycles. The number of aliphatic hydroxyl groups excluding tert-OH is 2. The van der Waals surface area contributed by atoms with Gasteiger partial charge in [-0.05, 0) is 12.8 Å². The van der Waals surface area contributed by atoms with Crippen LogP contribution < -0.4 is 0 Å². The summed E-state index contributed by atoms with van der Waals surface area (Å²) in [6.07, 6.45) is 2.14. The summed E-state index contributed by atoms with van der Waals surface area (Å²) in [5.41, 5.74) is 0. The molecule has 0 bridgehead atoms. The van der Waals surface area contributed by atoms with Gasteiger partial charge in [0.1, 0.15) is 0 Å². The number of carbonyl (C=O) groups excluding carboxylic acids is 1. The summed E-state index contributed by atoms with van der Waals surface area (Å²) < 4.78 is 4.86. The van der Waals surface area contributed by atoms with Gasteiger partial charge in [0.2, 0.25) is 0 Å². The molecule has 0 fully saturated rings. The van der Waals surface area contributed by atoms with Gasteiger partial charge in [-0.1, -0.05) is 15.9 Å². The van der Waals surface area contributed by atoms with Gasteiger partial charge in [0.05, 0.1) is 19.8 Å². The van der Waals surface area contributed by atoms with Crippen LogP contribution in [0.3, 0.4) is 0 Å². The minimum atomic E-state index is -0.352. The van der Waals surface area contributed by atoms with E-state index >= 15 is 0 Å². The van der Waals surface area contributed by atoms with Crippen LogP contribution in [0.15, 0.2) is 0 Å². The zero-order chi connectivity index (χ0) is 10.8. The molecule has 0 radical (unpaired) electrons. The zero-order valence-corrected chi connectivity index (χ0v) is 9.70. The van der Waals surface area contributed by atoms with Crippen LogP contribution in [0.1, 0.15) is 19.3 Å². The number of unbranched alkanes of at least 4 members (excludes halogenated alkanes) is 1. The molecule has 0 atom stereocenters. The summed E-state index contributed by atoms with van der Waals surface area (Å²) in [5.74, 6) is -0.618. The monoisotopic (exact) mass is 268 g/mol. The van der Waals surface area contributed by atoms with Crippen molar-refractivity contribution in [3.63, 3.8) is 0 Å². The van der Waals surface area contributed by atoms with Crippen LogP contribution in [0, 0.1) is 5.92 Å². The molecule has 2 N–H and O–H groups in total. The maximum atomic E-state index is 11.1. The highest BCUT2D eigenvalue weighted by Crippen LogP contribution is 2.02. The molecule has 0 aromatic carbocycles. The highest BCUT2D eigenvalue weighted by Gasteiger charge is 2.09. The Balaban J connectivity index is 3.42. The van der Waals surface area contributed by atoms with Crippen molar-refractivity contribution < 1.29 is 19.7 Å². The van der Waals surface area contributed by atoms with Gasteiger partial charge in [-0.3, -0.25) is 4.79 Å². The second-order valence-corrected chi connectivity index (χ2v) is 3.85. The summed E-state index contributed by atoms with van der Waals surface area (Å²) in [6, 6.07) is 0. The van der Waals surface area contributed by atoms with Crippen LogP contribution in [-0.2, 0) is 9.53 Å². The molecule has 0 aromatic rings. The number of ether oxygens (including phenoxy) is 1. The molecule has 4 nitrogen and oxygen atoms in total. The van der Waals surface area contributed by atoms with E-state index in [0.717, 1.165) is 18.2 Å². The average Bonchev–Trinajstić information content (AvgIpc) is 2.20. The molecule has 0 unspecified atom stereocenters. The fourth-order valence-electron chi connectivity index (χ4n) is 0.810. The first-order valence-electron chi connectivity index (χ1n) is 4.67. The number of hydrogen-bond acceptors (Lipinski definition) is 4. The Hall–Kier alpha value is -0.130. The molecule has 5 heteroatoms. The Morgan fingerprint density at radius 2 is 1.93 bits per heavy atom. The lowest BCUT2D eigenvalue weighted by Crippen LogP contribution is -2.20. The Labute approximate surface area is 92.4 Å². The van der Waals surface area contributed by atoms with E-state index in [9.17, 15) is 4.79 Å². The van der Waals surface area contributed by atoms with Crippen molar-refractivity contribution >= 4 is 21.9 Å². The number of aliphatic hydroxyl groups is 2. The second kappa shape index (κ2) is 9.43. The number of hydrogen-bond donors (Lipinski definition) is 2. The molecule has 0 aliphatic rings. The van der Waals surface area contributed by atoms with Crippen LogP contribution in [0.5, 0.6) is 0 Å².